The Kier molecular flexibility index (Phi) is 6.24. The highest BCUT2D eigenvalue weighted by molar-refractivity contribution is 5.78. The Hall–Kier alpha value is -3.21. The van der Waals surface area contributed by atoms with Crippen molar-refractivity contribution in [1.82, 2.24) is 14.9 Å². The summed E-state index contributed by atoms with van der Waals surface area (Å²) in [5, 5.41) is 0. The van der Waals surface area contributed by atoms with E-state index >= 15 is 0 Å². The summed E-state index contributed by atoms with van der Waals surface area (Å²) in [6.45, 7) is 3.75. The fraction of sp³-hybridized carbons (Fsp3) is 0.452. The van der Waals surface area contributed by atoms with Gasteiger partial charge in [0, 0.05) is 43.2 Å². The van der Waals surface area contributed by atoms with Crippen LogP contribution in [0.15, 0.2) is 48.9 Å². The second kappa shape index (κ2) is 9.68. The first kappa shape index (κ1) is 23.2. The topological polar surface area (TPSA) is 55.3 Å². The summed E-state index contributed by atoms with van der Waals surface area (Å²) < 4.78 is 5.99. The first-order valence-electron chi connectivity index (χ1n) is 13.4. The molecule has 2 fully saturated rings. The number of carbonyl (C=O) groups excluding carboxylic acids is 1. The first-order chi connectivity index (χ1) is 17.6. The average Bonchev–Trinajstić information content (AvgIpc) is 3.76. The number of rotatable bonds is 5. The van der Waals surface area contributed by atoms with Crippen LogP contribution in [0.1, 0.15) is 76.6 Å². The van der Waals surface area contributed by atoms with Crippen LogP contribution in [0.25, 0.3) is 0 Å². The van der Waals surface area contributed by atoms with Gasteiger partial charge in [-0.2, -0.15) is 0 Å². The van der Waals surface area contributed by atoms with Gasteiger partial charge in [-0.15, -0.1) is 0 Å². The summed E-state index contributed by atoms with van der Waals surface area (Å²) >= 11 is 0. The van der Waals surface area contributed by atoms with Crippen LogP contribution in [0.4, 0.5) is 0 Å². The summed E-state index contributed by atoms with van der Waals surface area (Å²) in [7, 11) is 1.79. The highest BCUT2D eigenvalue weighted by atomic mass is 16.5. The quantitative estimate of drug-likeness (QED) is 0.491. The third kappa shape index (κ3) is 4.52. The third-order valence-corrected chi connectivity index (χ3v) is 8.40. The zero-order valence-electron chi connectivity index (χ0n) is 21.4. The Morgan fingerprint density at radius 3 is 2.50 bits per heavy atom. The van der Waals surface area contributed by atoms with Crippen LogP contribution >= 0.6 is 0 Å². The van der Waals surface area contributed by atoms with Crippen LogP contribution in [0, 0.1) is 12.8 Å². The minimum absolute atomic E-state index is 0.207. The smallest absolute Gasteiger partial charge is 0.226 e. The van der Waals surface area contributed by atoms with E-state index < -0.39 is 0 Å². The van der Waals surface area contributed by atoms with Crippen molar-refractivity contribution in [3.8, 4) is 5.75 Å². The summed E-state index contributed by atoms with van der Waals surface area (Å²) in [5.74, 6) is 2.55. The number of ether oxygens (including phenoxy) is 1. The summed E-state index contributed by atoms with van der Waals surface area (Å²) in [4.78, 5) is 24.3. The number of benzene rings is 1. The van der Waals surface area contributed by atoms with Gasteiger partial charge in [0.1, 0.15) is 5.75 Å². The number of amides is 1. The van der Waals surface area contributed by atoms with Crippen molar-refractivity contribution in [3.05, 3.63) is 88.0 Å². The lowest BCUT2D eigenvalue weighted by Gasteiger charge is -2.37. The molecule has 0 radical (unpaired) electrons. The molecule has 3 heterocycles. The number of aromatic nitrogens is 2. The Balaban J connectivity index is 1.30. The van der Waals surface area contributed by atoms with Crippen LogP contribution in [0.3, 0.4) is 0 Å². The SMILES string of the molecule is COc1cc(C)cc2c1C(C1CCN(C(=O)Cc3ccncc3)CC1)c1ncc(C3CC3)cc1CC2. The second-order valence-corrected chi connectivity index (χ2v) is 10.9. The van der Waals surface area contributed by atoms with Gasteiger partial charge in [-0.25, -0.2) is 0 Å². The molecule has 5 heteroatoms. The van der Waals surface area contributed by atoms with E-state index in [0.717, 1.165) is 50.1 Å². The molecule has 1 saturated heterocycles. The van der Waals surface area contributed by atoms with Gasteiger partial charge in [0.05, 0.1) is 19.2 Å². The number of hydrogen-bond acceptors (Lipinski definition) is 4. The van der Waals surface area contributed by atoms with Crippen molar-refractivity contribution in [2.24, 2.45) is 5.92 Å². The van der Waals surface area contributed by atoms with Gasteiger partial charge in [0.25, 0.3) is 0 Å². The molecule has 0 bridgehead atoms. The Bertz CT molecular complexity index is 1260. The van der Waals surface area contributed by atoms with Crippen LogP contribution in [0.2, 0.25) is 0 Å². The van der Waals surface area contributed by atoms with Crippen molar-refractivity contribution < 1.29 is 9.53 Å². The van der Waals surface area contributed by atoms with Crippen LogP contribution in [-0.4, -0.2) is 41.0 Å². The average molecular weight is 482 g/mol. The number of aryl methyl sites for hydroxylation is 3. The molecule has 1 amide bonds. The number of fused-ring (bicyclic) bond motifs is 2. The molecular formula is C31H35N3O2. The summed E-state index contributed by atoms with van der Waals surface area (Å²) in [6, 6.07) is 10.8. The minimum Gasteiger partial charge on any atom is -0.496 e. The van der Waals surface area contributed by atoms with E-state index in [-0.39, 0.29) is 11.8 Å². The molecule has 1 unspecified atom stereocenters. The predicted molar refractivity (Wildman–Crippen MR) is 140 cm³/mol. The van der Waals surface area contributed by atoms with E-state index in [4.69, 9.17) is 9.72 Å². The van der Waals surface area contributed by atoms with Crippen molar-refractivity contribution >= 4 is 5.91 Å². The Labute approximate surface area is 213 Å². The molecule has 3 aliphatic rings. The Morgan fingerprint density at radius 2 is 1.78 bits per heavy atom. The van der Waals surface area contributed by atoms with E-state index in [1.54, 1.807) is 19.5 Å². The monoisotopic (exact) mass is 481 g/mol. The lowest BCUT2D eigenvalue weighted by atomic mass is 9.75. The van der Waals surface area contributed by atoms with E-state index in [2.05, 4.69) is 36.3 Å². The molecule has 2 aliphatic carbocycles. The van der Waals surface area contributed by atoms with Crippen LogP contribution in [0.5, 0.6) is 5.75 Å². The molecule has 1 atom stereocenters. The van der Waals surface area contributed by atoms with E-state index in [9.17, 15) is 4.79 Å². The maximum atomic E-state index is 13.0. The first-order valence-corrected chi connectivity index (χ1v) is 13.4. The standard InChI is InChI=1S/C31H35N3O2/c1-20-15-24-5-6-25-18-26(22-3-4-22)19-33-31(25)30(29(24)27(16-20)36-2)23-9-13-34(14-10-23)28(35)17-21-7-11-32-12-8-21/h7-8,11-12,15-16,18-19,22-23,30H,3-6,9-10,13-14,17H2,1-2H3. The molecule has 186 valence electrons. The van der Waals surface area contributed by atoms with Gasteiger partial charge >= 0.3 is 0 Å². The third-order valence-electron chi connectivity index (χ3n) is 8.40. The number of likely N-dealkylation sites (tertiary alicyclic amines) is 1. The molecule has 3 aromatic rings. The van der Waals surface area contributed by atoms with Crippen LogP contribution in [-0.2, 0) is 24.1 Å². The van der Waals surface area contributed by atoms with Gasteiger partial charge in [0.15, 0.2) is 0 Å². The normalized spacial score (nSPS) is 19.8. The fourth-order valence-corrected chi connectivity index (χ4v) is 6.36. The van der Waals surface area contributed by atoms with Gasteiger partial charge in [0.2, 0.25) is 5.91 Å². The zero-order chi connectivity index (χ0) is 24.6. The number of hydrogen-bond donors (Lipinski definition) is 0. The molecule has 0 N–H and O–H groups in total. The van der Waals surface area contributed by atoms with Crippen molar-refractivity contribution in [2.75, 3.05) is 20.2 Å². The largest absolute Gasteiger partial charge is 0.496 e. The highest BCUT2D eigenvalue weighted by Gasteiger charge is 2.37. The van der Waals surface area contributed by atoms with E-state index in [1.165, 1.54) is 46.4 Å². The van der Waals surface area contributed by atoms with Crippen molar-refractivity contribution in [3.63, 3.8) is 0 Å². The number of methoxy groups -OCH3 is 1. The fourth-order valence-electron chi connectivity index (χ4n) is 6.36. The maximum Gasteiger partial charge on any atom is 0.226 e. The lowest BCUT2D eigenvalue weighted by molar-refractivity contribution is -0.131. The molecule has 5 nitrogen and oxygen atoms in total. The Morgan fingerprint density at radius 1 is 1.03 bits per heavy atom. The number of carbonyl (C=O) groups is 1. The molecule has 1 saturated carbocycles. The van der Waals surface area contributed by atoms with Gasteiger partial charge in [-0.1, -0.05) is 12.1 Å². The molecule has 2 aromatic heterocycles. The summed E-state index contributed by atoms with van der Waals surface area (Å²) in [6.07, 6.45) is 12.7. The molecule has 0 spiro atoms. The van der Waals surface area contributed by atoms with E-state index in [1.807, 2.05) is 17.0 Å². The number of piperidine rings is 1. The molecule has 6 rings (SSSR count). The minimum atomic E-state index is 0.207. The zero-order valence-corrected chi connectivity index (χ0v) is 21.4. The number of pyridine rings is 2. The van der Waals surface area contributed by atoms with Crippen LogP contribution < -0.4 is 4.74 Å². The maximum absolute atomic E-state index is 13.0. The van der Waals surface area contributed by atoms with E-state index in [0.29, 0.717) is 18.3 Å². The second-order valence-electron chi connectivity index (χ2n) is 10.9. The van der Waals surface area contributed by atoms with Crippen molar-refractivity contribution in [2.45, 2.75) is 63.7 Å². The number of nitrogens with zero attached hydrogens (tertiary/aromatic N) is 3. The predicted octanol–water partition coefficient (Wildman–Crippen LogP) is 5.38. The molecule has 1 aromatic carbocycles. The lowest BCUT2D eigenvalue weighted by Crippen LogP contribution is -2.40. The van der Waals surface area contributed by atoms with Gasteiger partial charge < -0.3 is 9.64 Å². The molecule has 1 aliphatic heterocycles. The molecular weight excluding hydrogens is 446 g/mol. The van der Waals surface area contributed by atoms with Crippen molar-refractivity contribution in [1.29, 1.82) is 0 Å². The van der Waals surface area contributed by atoms with Gasteiger partial charge in [-0.3, -0.25) is 14.8 Å². The highest BCUT2D eigenvalue weighted by Crippen LogP contribution is 2.47. The molecule has 36 heavy (non-hydrogen) atoms. The van der Waals surface area contributed by atoms with Gasteiger partial charge in [-0.05, 0) is 103 Å². The summed E-state index contributed by atoms with van der Waals surface area (Å²) in [5.41, 5.74) is 9.07.